The summed E-state index contributed by atoms with van der Waals surface area (Å²) in [6.45, 7) is 3.81. The van der Waals surface area contributed by atoms with Crippen LogP contribution in [0.25, 0.3) is 0 Å². The first kappa shape index (κ1) is 19.6. The molecule has 0 bridgehead atoms. The Morgan fingerprint density at radius 3 is 2.33 bits per heavy atom. The van der Waals surface area contributed by atoms with Crippen LogP contribution in [0.3, 0.4) is 0 Å². The number of hydrogen-bond acceptors (Lipinski definition) is 6. The molecule has 0 spiro atoms. The number of thiophene rings is 1. The number of carboxylic acid groups (broad SMARTS) is 1. The van der Waals surface area contributed by atoms with Gasteiger partial charge < -0.3 is 20.0 Å². The fourth-order valence-corrected chi connectivity index (χ4v) is 5.27. The average molecular weight is 390 g/mol. The lowest BCUT2D eigenvalue weighted by Gasteiger charge is -2.32. The smallest absolute Gasteiger partial charge is 0.341 e. The van der Waals surface area contributed by atoms with E-state index in [9.17, 15) is 19.5 Å². The second-order valence-corrected chi connectivity index (χ2v) is 8.50. The third-order valence-electron chi connectivity index (χ3n) is 5.70. The maximum atomic E-state index is 12.9. The van der Waals surface area contributed by atoms with Crippen molar-refractivity contribution in [2.75, 3.05) is 12.4 Å². The normalized spacial score (nSPS) is 22.2. The molecule has 0 aromatic carbocycles. The molecule has 1 aromatic rings. The Balaban J connectivity index is 1.90. The Bertz CT molecular complexity index is 823. The van der Waals surface area contributed by atoms with Crippen LogP contribution in [-0.2, 0) is 27.2 Å². The first-order valence-electron chi connectivity index (χ1n) is 9.23. The molecule has 3 rings (SSSR count). The lowest BCUT2D eigenvalue weighted by Crippen LogP contribution is -2.42. The molecule has 1 N–H and O–H groups in total. The van der Waals surface area contributed by atoms with Crippen molar-refractivity contribution in [2.45, 2.75) is 52.4 Å². The molecule has 27 heavy (non-hydrogen) atoms. The van der Waals surface area contributed by atoms with Crippen molar-refractivity contribution < 1.29 is 24.2 Å². The number of aliphatic carboxylic acids is 1. The largest absolute Gasteiger partial charge is 0.550 e. The number of rotatable bonds is 4. The predicted molar refractivity (Wildman–Crippen MR) is 101 cm³/mol. The van der Waals surface area contributed by atoms with Gasteiger partial charge in [0.25, 0.3) is 0 Å². The van der Waals surface area contributed by atoms with Crippen molar-refractivity contribution in [3.63, 3.8) is 0 Å². The van der Waals surface area contributed by atoms with Crippen LogP contribution in [0.2, 0.25) is 0 Å². The minimum absolute atomic E-state index is 0.317. The van der Waals surface area contributed by atoms with Gasteiger partial charge in [-0.05, 0) is 57.9 Å². The molecule has 146 valence electrons. The Morgan fingerprint density at radius 2 is 1.70 bits per heavy atom. The van der Waals surface area contributed by atoms with Gasteiger partial charge in [0.1, 0.15) is 5.00 Å². The fourth-order valence-electron chi connectivity index (χ4n) is 3.99. The number of ether oxygens (including phenoxy) is 1. The van der Waals surface area contributed by atoms with Crippen LogP contribution in [0.1, 0.15) is 60.3 Å². The van der Waals surface area contributed by atoms with E-state index in [2.05, 4.69) is 5.32 Å². The van der Waals surface area contributed by atoms with Crippen LogP contribution in [0.15, 0.2) is 11.1 Å². The highest BCUT2D eigenvalue weighted by atomic mass is 32.1. The van der Waals surface area contributed by atoms with Crippen molar-refractivity contribution in [3.8, 4) is 0 Å². The zero-order valence-electron chi connectivity index (χ0n) is 15.8. The van der Waals surface area contributed by atoms with Crippen LogP contribution in [0.5, 0.6) is 0 Å². The minimum Gasteiger partial charge on any atom is -0.550 e. The van der Waals surface area contributed by atoms with Gasteiger partial charge in [-0.15, -0.1) is 11.3 Å². The van der Waals surface area contributed by atoms with Gasteiger partial charge >= 0.3 is 5.97 Å². The summed E-state index contributed by atoms with van der Waals surface area (Å²) in [4.78, 5) is 37.9. The fraction of sp³-hybridized carbons (Fsp3) is 0.550. The number of fused-ring (bicyclic) bond motifs is 1. The molecule has 0 fully saturated rings. The summed E-state index contributed by atoms with van der Waals surface area (Å²) in [6, 6.07) is 0. The first-order chi connectivity index (χ1) is 12.8. The van der Waals surface area contributed by atoms with Crippen LogP contribution >= 0.6 is 11.3 Å². The summed E-state index contributed by atoms with van der Waals surface area (Å²) >= 11 is 1.40. The number of esters is 1. The van der Waals surface area contributed by atoms with E-state index >= 15 is 0 Å². The maximum absolute atomic E-state index is 12.9. The number of aryl methyl sites for hydroxylation is 1. The monoisotopic (exact) mass is 390 g/mol. The van der Waals surface area contributed by atoms with Crippen molar-refractivity contribution >= 4 is 34.2 Å². The Kier molecular flexibility index (Phi) is 5.69. The van der Waals surface area contributed by atoms with Crippen LogP contribution < -0.4 is 10.4 Å². The lowest BCUT2D eigenvalue weighted by molar-refractivity contribution is -0.313. The second kappa shape index (κ2) is 7.84. The van der Waals surface area contributed by atoms with E-state index in [1.54, 1.807) is 0 Å². The molecule has 2 aliphatic rings. The third-order valence-corrected chi connectivity index (χ3v) is 6.91. The Hall–Kier alpha value is -2.15. The maximum Gasteiger partial charge on any atom is 0.341 e. The number of carbonyl (C=O) groups is 3. The number of hydrogen-bond donors (Lipinski definition) is 1. The van der Waals surface area contributed by atoms with E-state index in [0.717, 1.165) is 47.3 Å². The molecule has 0 aliphatic heterocycles. The Labute approximate surface area is 162 Å². The van der Waals surface area contributed by atoms with Gasteiger partial charge in [0.05, 0.1) is 18.6 Å². The summed E-state index contributed by atoms with van der Waals surface area (Å²) in [5, 5.41) is 14.9. The number of allylic oxidation sites excluding steroid dienone is 2. The van der Waals surface area contributed by atoms with Gasteiger partial charge in [0, 0.05) is 16.8 Å². The van der Waals surface area contributed by atoms with E-state index < -0.39 is 23.8 Å². The minimum atomic E-state index is -1.21. The van der Waals surface area contributed by atoms with E-state index in [4.69, 9.17) is 4.74 Å². The zero-order valence-corrected chi connectivity index (χ0v) is 16.7. The summed E-state index contributed by atoms with van der Waals surface area (Å²) in [6.07, 6.45) is 4.43. The summed E-state index contributed by atoms with van der Waals surface area (Å²) in [7, 11) is 1.32. The van der Waals surface area contributed by atoms with Crippen molar-refractivity contribution in [3.05, 3.63) is 27.2 Å². The Morgan fingerprint density at radius 1 is 1.07 bits per heavy atom. The molecular weight excluding hydrogens is 366 g/mol. The van der Waals surface area contributed by atoms with Gasteiger partial charge in [-0.25, -0.2) is 4.79 Å². The van der Waals surface area contributed by atoms with Crippen molar-refractivity contribution in [1.29, 1.82) is 0 Å². The molecular formula is C20H24NO5S-. The quantitative estimate of drug-likeness (QED) is 0.629. The molecule has 2 atom stereocenters. The molecule has 0 unspecified atom stereocenters. The first-order valence-corrected chi connectivity index (χ1v) is 10.0. The summed E-state index contributed by atoms with van der Waals surface area (Å²) in [5.74, 6) is -3.61. The number of amides is 1. The van der Waals surface area contributed by atoms with E-state index in [1.807, 2.05) is 13.8 Å². The summed E-state index contributed by atoms with van der Waals surface area (Å²) in [5.41, 5.74) is 3.41. The molecule has 1 aromatic heterocycles. The van der Waals surface area contributed by atoms with E-state index in [1.165, 1.54) is 18.4 Å². The number of carbonyl (C=O) groups excluding carboxylic acids is 3. The topological polar surface area (TPSA) is 95.5 Å². The van der Waals surface area contributed by atoms with Crippen molar-refractivity contribution in [2.24, 2.45) is 11.8 Å². The van der Waals surface area contributed by atoms with Crippen molar-refractivity contribution in [1.82, 2.24) is 0 Å². The third kappa shape index (κ3) is 3.78. The van der Waals surface area contributed by atoms with Crippen LogP contribution in [0, 0.1) is 11.8 Å². The number of carboxylic acids is 1. The number of nitrogens with one attached hydrogen (secondary N) is 1. The van der Waals surface area contributed by atoms with Crippen LogP contribution in [0.4, 0.5) is 5.00 Å². The number of methoxy groups -OCH3 is 1. The van der Waals surface area contributed by atoms with Gasteiger partial charge in [-0.1, -0.05) is 11.1 Å². The highest BCUT2D eigenvalue weighted by Crippen LogP contribution is 2.40. The SMILES string of the molecule is COC(=O)c1c(NC(=O)[C@H]2CC(C)=C(C)C[C@H]2C(=O)[O-])sc2c1CCCC2. The van der Waals surface area contributed by atoms with Gasteiger partial charge in [-0.3, -0.25) is 4.79 Å². The molecule has 6 nitrogen and oxygen atoms in total. The average Bonchev–Trinajstić information content (AvgIpc) is 3.00. The molecule has 1 amide bonds. The second-order valence-electron chi connectivity index (χ2n) is 7.40. The highest BCUT2D eigenvalue weighted by Gasteiger charge is 2.35. The molecule has 7 heteroatoms. The molecule has 2 aliphatic carbocycles. The number of anilines is 1. The van der Waals surface area contributed by atoms with E-state index in [0.29, 0.717) is 23.4 Å². The van der Waals surface area contributed by atoms with Crippen LogP contribution in [-0.4, -0.2) is 25.0 Å². The predicted octanol–water partition coefficient (Wildman–Crippen LogP) is 2.46. The zero-order chi connectivity index (χ0) is 19.7. The van der Waals surface area contributed by atoms with Gasteiger partial charge in [0.15, 0.2) is 0 Å². The van der Waals surface area contributed by atoms with Gasteiger partial charge in [0.2, 0.25) is 5.91 Å². The highest BCUT2D eigenvalue weighted by molar-refractivity contribution is 7.17. The molecule has 0 radical (unpaired) electrons. The standard InChI is InChI=1S/C20H25NO5S/c1-10-8-13(14(19(23)24)9-11(10)2)17(22)21-18-16(20(25)26-3)12-6-4-5-7-15(12)27-18/h13-14H,4-9H2,1-3H3,(H,21,22)(H,23,24)/p-1/t13-,14+/m0/s1. The van der Waals surface area contributed by atoms with Gasteiger partial charge in [-0.2, -0.15) is 0 Å². The molecule has 1 heterocycles. The summed E-state index contributed by atoms with van der Waals surface area (Å²) < 4.78 is 4.92. The van der Waals surface area contributed by atoms with E-state index in [-0.39, 0.29) is 5.91 Å². The lowest BCUT2D eigenvalue weighted by atomic mass is 9.76. The molecule has 0 saturated carbocycles. The molecule has 0 saturated heterocycles.